The highest BCUT2D eigenvalue weighted by atomic mass is 31.2. The maximum atomic E-state index is 12.8. The molecular weight excluding hydrogens is 347 g/mol. The normalized spacial score (nSPS) is 22.0. The molecule has 2 aromatic heterocycles. The second kappa shape index (κ2) is 7.35. The van der Waals surface area contributed by atoms with Gasteiger partial charge in [-0.05, 0) is 13.8 Å². The molecule has 0 spiro atoms. The van der Waals surface area contributed by atoms with E-state index in [9.17, 15) is 4.57 Å². The number of fused-ring (bicyclic) bond motifs is 1. The summed E-state index contributed by atoms with van der Waals surface area (Å²) in [4.78, 5) is 18.3. The highest BCUT2D eigenvalue weighted by Gasteiger charge is 2.39. The smallest absolute Gasteiger partial charge is 0.332 e. The largest absolute Gasteiger partial charge is 0.382 e. The van der Waals surface area contributed by atoms with Crippen LogP contribution < -0.4 is 5.73 Å². The molecule has 2 atom stereocenters. The number of rotatable bonds is 7. The molecule has 0 amide bonds. The summed E-state index contributed by atoms with van der Waals surface area (Å²) in [5.41, 5.74) is 6.96. The van der Waals surface area contributed by atoms with Gasteiger partial charge in [-0.15, -0.1) is 0 Å². The standard InChI is InChI=1S/C14H23N6O4P/c1-4-22-25(21,23-5-2)7-10-6-11(24-19(10)3)20-9-18-12-13(15)16-8-17-14(12)20/h8-11H,4-7H2,1-3H3,(H2,15,16,17)/t10-,11-/m1/s1. The molecule has 2 N–H and O–H groups in total. The zero-order valence-electron chi connectivity index (χ0n) is 14.5. The van der Waals surface area contributed by atoms with Gasteiger partial charge in [-0.2, -0.15) is 5.06 Å². The fourth-order valence-electron chi connectivity index (χ4n) is 2.93. The van der Waals surface area contributed by atoms with Crippen molar-refractivity contribution in [1.29, 1.82) is 0 Å². The second-order valence-corrected chi connectivity index (χ2v) is 7.81. The quantitative estimate of drug-likeness (QED) is 0.728. The van der Waals surface area contributed by atoms with Crippen molar-refractivity contribution in [3.05, 3.63) is 12.7 Å². The lowest BCUT2D eigenvalue weighted by Crippen LogP contribution is -2.28. The van der Waals surface area contributed by atoms with Gasteiger partial charge in [0.25, 0.3) is 0 Å². The highest BCUT2D eigenvalue weighted by molar-refractivity contribution is 7.53. The van der Waals surface area contributed by atoms with Crippen LogP contribution in [0.2, 0.25) is 0 Å². The maximum absolute atomic E-state index is 12.8. The molecule has 25 heavy (non-hydrogen) atoms. The van der Waals surface area contributed by atoms with Gasteiger partial charge in [-0.1, -0.05) is 0 Å². The number of hydroxylamine groups is 2. The molecule has 0 bridgehead atoms. The van der Waals surface area contributed by atoms with Crippen LogP contribution in [0.25, 0.3) is 11.2 Å². The van der Waals surface area contributed by atoms with Gasteiger partial charge in [-0.25, -0.2) is 15.0 Å². The lowest BCUT2D eigenvalue weighted by Gasteiger charge is -2.22. The number of hydrogen-bond donors (Lipinski definition) is 1. The number of anilines is 1. The summed E-state index contributed by atoms with van der Waals surface area (Å²) in [5, 5.41) is 1.69. The number of nitrogens with two attached hydrogens (primary N) is 1. The molecule has 0 radical (unpaired) electrons. The van der Waals surface area contributed by atoms with Crippen molar-refractivity contribution < 1.29 is 18.5 Å². The first-order valence-corrected chi connectivity index (χ1v) is 9.91. The minimum atomic E-state index is -3.16. The van der Waals surface area contributed by atoms with Crippen molar-refractivity contribution in [3.63, 3.8) is 0 Å². The third kappa shape index (κ3) is 3.68. The first-order chi connectivity index (χ1) is 12.0. The summed E-state index contributed by atoms with van der Waals surface area (Å²) in [5.74, 6) is 0.323. The van der Waals surface area contributed by atoms with Gasteiger partial charge in [0, 0.05) is 13.5 Å². The molecule has 0 saturated carbocycles. The first kappa shape index (κ1) is 18.2. The number of nitrogens with zero attached hydrogens (tertiary/aromatic N) is 5. The Labute approximate surface area is 145 Å². The van der Waals surface area contributed by atoms with Crippen molar-refractivity contribution in [1.82, 2.24) is 24.6 Å². The van der Waals surface area contributed by atoms with E-state index in [-0.39, 0.29) is 18.4 Å². The SMILES string of the molecule is CCOP(=O)(C[C@H]1C[C@H](n2cnc3c(N)ncnc32)ON1C)OCC. The third-order valence-corrected chi connectivity index (χ3v) is 6.23. The lowest BCUT2D eigenvalue weighted by molar-refractivity contribution is -0.162. The Morgan fingerprint density at radius 1 is 1.32 bits per heavy atom. The minimum absolute atomic E-state index is 0.120. The Balaban J connectivity index is 1.78. The summed E-state index contributed by atoms with van der Waals surface area (Å²) >= 11 is 0. The van der Waals surface area contributed by atoms with Gasteiger partial charge in [0.1, 0.15) is 11.8 Å². The van der Waals surface area contributed by atoms with E-state index in [2.05, 4.69) is 15.0 Å². The third-order valence-electron chi connectivity index (χ3n) is 4.06. The van der Waals surface area contributed by atoms with E-state index in [1.807, 2.05) is 0 Å². The summed E-state index contributed by atoms with van der Waals surface area (Å²) in [7, 11) is -1.36. The summed E-state index contributed by atoms with van der Waals surface area (Å²) in [6.45, 7) is 4.26. The van der Waals surface area contributed by atoms with Gasteiger partial charge in [0.15, 0.2) is 17.7 Å². The molecule has 0 aliphatic carbocycles. The number of hydrogen-bond acceptors (Lipinski definition) is 9. The highest BCUT2D eigenvalue weighted by Crippen LogP contribution is 2.50. The topological polar surface area (TPSA) is 118 Å². The van der Waals surface area contributed by atoms with Gasteiger partial charge in [0.05, 0.1) is 31.7 Å². The van der Waals surface area contributed by atoms with Crippen LogP contribution >= 0.6 is 7.60 Å². The van der Waals surface area contributed by atoms with Crippen LogP contribution in [0.15, 0.2) is 12.7 Å². The maximum Gasteiger partial charge on any atom is 0.332 e. The van der Waals surface area contributed by atoms with Gasteiger partial charge in [0.2, 0.25) is 0 Å². The lowest BCUT2D eigenvalue weighted by atomic mass is 10.2. The molecule has 11 heteroatoms. The Kier molecular flexibility index (Phi) is 5.35. The van der Waals surface area contributed by atoms with Crippen LogP contribution in [-0.4, -0.2) is 57.0 Å². The molecule has 10 nitrogen and oxygen atoms in total. The first-order valence-electron chi connectivity index (χ1n) is 8.18. The molecule has 1 saturated heterocycles. The Morgan fingerprint density at radius 3 is 2.72 bits per heavy atom. The van der Waals surface area contributed by atoms with Gasteiger partial charge in [-0.3, -0.25) is 14.0 Å². The van der Waals surface area contributed by atoms with E-state index in [1.165, 1.54) is 6.33 Å². The Hall–Kier alpha value is -1.58. The van der Waals surface area contributed by atoms with Crippen molar-refractivity contribution in [3.8, 4) is 0 Å². The minimum Gasteiger partial charge on any atom is -0.382 e. The molecule has 3 heterocycles. The summed E-state index contributed by atoms with van der Waals surface area (Å²) in [6, 6.07) is -0.120. The molecule has 1 aliphatic rings. The molecule has 1 fully saturated rings. The Morgan fingerprint density at radius 2 is 2.04 bits per heavy atom. The number of nitrogen functional groups attached to an aromatic ring is 1. The van der Waals surface area contributed by atoms with E-state index in [4.69, 9.17) is 19.6 Å². The van der Waals surface area contributed by atoms with Crippen LogP contribution in [0, 0.1) is 0 Å². The van der Waals surface area contributed by atoms with E-state index in [1.54, 1.807) is 36.9 Å². The summed E-state index contributed by atoms with van der Waals surface area (Å²) < 4.78 is 25.4. The predicted molar refractivity (Wildman–Crippen MR) is 91.8 cm³/mol. The molecule has 0 unspecified atom stereocenters. The van der Waals surface area contributed by atoms with Crippen LogP contribution in [0.3, 0.4) is 0 Å². The number of aromatic nitrogens is 4. The fraction of sp³-hybridized carbons (Fsp3) is 0.643. The van der Waals surface area contributed by atoms with Gasteiger partial charge < -0.3 is 14.8 Å². The zero-order chi connectivity index (χ0) is 18.0. The van der Waals surface area contributed by atoms with E-state index < -0.39 is 7.60 Å². The predicted octanol–water partition coefficient (Wildman–Crippen LogP) is 1.81. The van der Waals surface area contributed by atoms with Crippen molar-refractivity contribution in [2.45, 2.75) is 32.5 Å². The van der Waals surface area contributed by atoms with E-state index >= 15 is 0 Å². The molecular formula is C14H23N6O4P. The molecule has 0 aromatic carbocycles. The van der Waals surface area contributed by atoms with E-state index in [0.29, 0.717) is 36.6 Å². The average Bonchev–Trinajstić information content (AvgIpc) is 3.13. The molecule has 138 valence electrons. The van der Waals surface area contributed by atoms with Crippen molar-refractivity contribution in [2.75, 3.05) is 32.2 Å². The number of imidazole rings is 1. The Bertz CT molecular complexity index is 774. The summed E-state index contributed by atoms with van der Waals surface area (Å²) in [6.07, 6.45) is 3.54. The van der Waals surface area contributed by atoms with E-state index in [0.717, 1.165) is 0 Å². The molecule has 2 aromatic rings. The van der Waals surface area contributed by atoms with Crippen LogP contribution in [-0.2, 0) is 18.5 Å². The molecule has 3 rings (SSSR count). The average molecular weight is 370 g/mol. The fourth-order valence-corrected chi connectivity index (χ4v) is 4.90. The van der Waals surface area contributed by atoms with Crippen molar-refractivity contribution in [2.24, 2.45) is 0 Å². The van der Waals surface area contributed by atoms with Gasteiger partial charge >= 0.3 is 7.60 Å². The second-order valence-electron chi connectivity index (χ2n) is 5.71. The zero-order valence-corrected chi connectivity index (χ0v) is 15.4. The van der Waals surface area contributed by atoms with Crippen LogP contribution in [0.5, 0.6) is 0 Å². The van der Waals surface area contributed by atoms with Crippen LogP contribution in [0.1, 0.15) is 26.5 Å². The van der Waals surface area contributed by atoms with Crippen molar-refractivity contribution >= 4 is 24.6 Å². The molecule has 1 aliphatic heterocycles. The van der Waals surface area contributed by atoms with Crippen LogP contribution in [0.4, 0.5) is 5.82 Å². The monoisotopic (exact) mass is 370 g/mol.